The van der Waals surface area contributed by atoms with Crippen molar-refractivity contribution in [2.24, 2.45) is 34.8 Å². The van der Waals surface area contributed by atoms with Gasteiger partial charge in [0, 0.05) is 17.3 Å². The van der Waals surface area contributed by atoms with Crippen molar-refractivity contribution in [2.45, 2.75) is 66.7 Å². The quantitative estimate of drug-likeness (QED) is 0.739. The molecular formula is C17H31NO2. The Labute approximate surface area is 123 Å². The van der Waals surface area contributed by atoms with Gasteiger partial charge in [0.15, 0.2) is 0 Å². The second kappa shape index (κ2) is 6.73. The molecule has 1 aliphatic rings. The van der Waals surface area contributed by atoms with Gasteiger partial charge < -0.3 is 5.73 Å². The Morgan fingerprint density at radius 1 is 1.15 bits per heavy atom. The maximum Gasteiger partial charge on any atom is 0.221 e. The van der Waals surface area contributed by atoms with Crippen molar-refractivity contribution in [1.29, 1.82) is 0 Å². The molecule has 0 spiro atoms. The van der Waals surface area contributed by atoms with Crippen LogP contribution in [0.1, 0.15) is 66.7 Å². The largest absolute Gasteiger partial charge is 0.369 e. The zero-order valence-corrected chi connectivity index (χ0v) is 13.7. The topological polar surface area (TPSA) is 60.2 Å². The molecule has 116 valence electrons. The molecule has 1 amide bonds. The maximum absolute atomic E-state index is 12.7. The van der Waals surface area contributed by atoms with Gasteiger partial charge in [-0.3, -0.25) is 9.59 Å². The lowest BCUT2D eigenvalue weighted by Gasteiger charge is -2.30. The minimum atomic E-state index is -0.410. The first-order valence-electron chi connectivity index (χ1n) is 7.96. The summed E-state index contributed by atoms with van der Waals surface area (Å²) < 4.78 is 0. The van der Waals surface area contributed by atoms with E-state index >= 15 is 0 Å². The van der Waals surface area contributed by atoms with Crippen LogP contribution in [0.2, 0.25) is 0 Å². The van der Waals surface area contributed by atoms with Crippen molar-refractivity contribution in [3.8, 4) is 0 Å². The molecule has 0 aromatic heterocycles. The molecular weight excluding hydrogens is 250 g/mol. The summed E-state index contributed by atoms with van der Waals surface area (Å²) >= 11 is 0. The third-order valence-corrected chi connectivity index (χ3v) is 4.24. The second-order valence-electron chi connectivity index (χ2n) is 7.88. The first kappa shape index (κ1) is 17.2. The van der Waals surface area contributed by atoms with Crippen molar-refractivity contribution in [2.75, 3.05) is 0 Å². The molecule has 2 atom stereocenters. The van der Waals surface area contributed by atoms with E-state index in [4.69, 9.17) is 5.73 Å². The summed E-state index contributed by atoms with van der Waals surface area (Å²) in [5.41, 5.74) is 5.20. The number of amides is 1. The molecule has 0 aromatic carbocycles. The monoisotopic (exact) mass is 281 g/mol. The van der Waals surface area contributed by atoms with E-state index in [2.05, 4.69) is 13.8 Å². The zero-order valence-electron chi connectivity index (χ0n) is 13.7. The van der Waals surface area contributed by atoms with E-state index in [1.165, 1.54) is 12.8 Å². The van der Waals surface area contributed by atoms with Gasteiger partial charge in [0.1, 0.15) is 5.78 Å². The molecule has 0 saturated heterocycles. The summed E-state index contributed by atoms with van der Waals surface area (Å²) in [5.74, 6) is 0.547. The Kier molecular flexibility index (Phi) is 5.79. The molecule has 2 N–H and O–H groups in total. The van der Waals surface area contributed by atoms with E-state index in [9.17, 15) is 9.59 Å². The van der Waals surface area contributed by atoms with Gasteiger partial charge in [0.25, 0.3) is 0 Å². The molecule has 3 nitrogen and oxygen atoms in total. The SMILES string of the molecule is CC(C)C[C@@H](C(=O)C(C)(C)C)[C@H](CCC1CC1)C(N)=O. The lowest BCUT2D eigenvalue weighted by Crippen LogP contribution is -2.40. The smallest absolute Gasteiger partial charge is 0.221 e. The van der Waals surface area contributed by atoms with E-state index in [1.54, 1.807) is 0 Å². The second-order valence-corrected chi connectivity index (χ2v) is 7.88. The van der Waals surface area contributed by atoms with Crippen LogP contribution >= 0.6 is 0 Å². The molecule has 1 saturated carbocycles. The molecule has 0 aliphatic heterocycles. The highest BCUT2D eigenvalue weighted by Gasteiger charge is 2.38. The molecule has 20 heavy (non-hydrogen) atoms. The average molecular weight is 281 g/mol. The van der Waals surface area contributed by atoms with Crippen molar-refractivity contribution >= 4 is 11.7 Å². The number of ketones is 1. The van der Waals surface area contributed by atoms with Crippen LogP contribution in [-0.4, -0.2) is 11.7 Å². The Bertz CT molecular complexity index is 350. The van der Waals surface area contributed by atoms with Crippen LogP contribution in [0.3, 0.4) is 0 Å². The number of primary amides is 1. The lowest BCUT2D eigenvalue weighted by atomic mass is 9.72. The van der Waals surface area contributed by atoms with Gasteiger partial charge in [-0.25, -0.2) is 0 Å². The first-order chi connectivity index (χ1) is 9.12. The summed E-state index contributed by atoms with van der Waals surface area (Å²) in [6, 6.07) is 0. The highest BCUT2D eigenvalue weighted by atomic mass is 16.1. The van der Waals surface area contributed by atoms with Crippen LogP contribution < -0.4 is 5.73 Å². The van der Waals surface area contributed by atoms with Gasteiger partial charge in [-0.05, 0) is 31.1 Å². The highest BCUT2D eigenvalue weighted by molar-refractivity contribution is 5.91. The average Bonchev–Trinajstić information content (AvgIpc) is 3.08. The van der Waals surface area contributed by atoms with Crippen molar-refractivity contribution in [3.63, 3.8) is 0 Å². The summed E-state index contributed by atoms with van der Waals surface area (Å²) in [4.78, 5) is 24.6. The predicted octanol–water partition coefficient (Wildman–Crippen LogP) is 3.56. The van der Waals surface area contributed by atoms with Crippen molar-refractivity contribution < 1.29 is 9.59 Å². The van der Waals surface area contributed by atoms with Crippen molar-refractivity contribution in [3.05, 3.63) is 0 Å². The number of hydrogen-bond donors (Lipinski definition) is 1. The first-order valence-corrected chi connectivity index (χ1v) is 7.96. The fraction of sp³-hybridized carbons (Fsp3) is 0.882. The fourth-order valence-corrected chi connectivity index (χ4v) is 2.88. The molecule has 0 radical (unpaired) electrons. The minimum Gasteiger partial charge on any atom is -0.369 e. The van der Waals surface area contributed by atoms with Crippen LogP contribution in [-0.2, 0) is 9.59 Å². The van der Waals surface area contributed by atoms with Gasteiger partial charge >= 0.3 is 0 Å². The molecule has 0 bridgehead atoms. The Morgan fingerprint density at radius 3 is 2.05 bits per heavy atom. The molecule has 0 heterocycles. The molecule has 0 aromatic rings. The summed E-state index contributed by atoms with van der Waals surface area (Å²) in [5, 5.41) is 0. The van der Waals surface area contributed by atoms with Gasteiger partial charge in [-0.2, -0.15) is 0 Å². The summed E-state index contributed by atoms with van der Waals surface area (Å²) in [7, 11) is 0. The lowest BCUT2D eigenvalue weighted by molar-refractivity contribution is -0.138. The van der Waals surface area contributed by atoms with Gasteiger partial charge in [0.2, 0.25) is 5.91 Å². The van der Waals surface area contributed by atoms with E-state index in [0.29, 0.717) is 5.92 Å². The molecule has 1 aliphatic carbocycles. The Hall–Kier alpha value is -0.860. The van der Waals surface area contributed by atoms with Crippen molar-refractivity contribution in [1.82, 2.24) is 0 Å². The van der Waals surface area contributed by atoms with E-state index in [-0.39, 0.29) is 23.5 Å². The normalized spacial score (nSPS) is 18.9. The molecule has 1 fully saturated rings. The fourth-order valence-electron chi connectivity index (χ4n) is 2.88. The summed E-state index contributed by atoms with van der Waals surface area (Å²) in [6.07, 6.45) is 5.12. The maximum atomic E-state index is 12.7. The number of hydrogen-bond acceptors (Lipinski definition) is 2. The van der Waals surface area contributed by atoms with Crippen LogP contribution in [0.5, 0.6) is 0 Å². The summed E-state index contributed by atoms with van der Waals surface area (Å²) in [6.45, 7) is 9.99. The van der Waals surface area contributed by atoms with Gasteiger partial charge in [0.05, 0.1) is 0 Å². The van der Waals surface area contributed by atoms with Crippen LogP contribution in [0.15, 0.2) is 0 Å². The predicted molar refractivity (Wildman–Crippen MR) is 82.0 cm³/mol. The van der Waals surface area contributed by atoms with E-state index < -0.39 is 5.41 Å². The third kappa shape index (κ3) is 5.26. The highest BCUT2D eigenvalue weighted by Crippen LogP contribution is 2.38. The van der Waals surface area contributed by atoms with E-state index in [1.807, 2.05) is 20.8 Å². The Balaban J connectivity index is 2.84. The third-order valence-electron chi connectivity index (χ3n) is 4.24. The van der Waals surface area contributed by atoms with Crippen LogP contribution in [0.25, 0.3) is 0 Å². The number of nitrogens with two attached hydrogens (primary N) is 1. The Morgan fingerprint density at radius 2 is 1.70 bits per heavy atom. The molecule has 3 heteroatoms. The standard InChI is InChI=1S/C17H31NO2/c1-11(2)10-14(15(19)17(3,4)5)13(16(18)20)9-8-12-6-7-12/h11-14H,6-10H2,1-5H3,(H2,18,20)/t13-,14+/m0/s1. The van der Waals surface area contributed by atoms with Crippen LogP contribution in [0, 0.1) is 29.1 Å². The van der Waals surface area contributed by atoms with E-state index in [0.717, 1.165) is 25.2 Å². The molecule has 0 unspecified atom stereocenters. The van der Waals surface area contributed by atoms with Crippen LogP contribution in [0.4, 0.5) is 0 Å². The number of Topliss-reactive ketones (excluding diaryl/α,β-unsaturated/α-hetero) is 1. The molecule has 1 rings (SSSR count). The zero-order chi connectivity index (χ0) is 15.5. The number of carbonyl (C=O) groups excluding carboxylic acids is 2. The van der Waals surface area contributed by atoms with Gasteiger partial charge in [-0.15, -0.1) is 0 Å². The minimum absolute atomic E-state index is 0.186. The number of carbonyl (C=O) groups is 2. The van der Waals surface area contributed by atoms with Gasteiger partial charge in [-0.1, -0.05) is 47.5 Å². The number of rotatable bonds is 8.